The molecule has 0 unspecified atom stereocenters. The minimum Gasteiger partial charge on any atom is -0.379 e. The third-order valence-electron chi connectivity index (χ3n) is 2.90. The maximum atomic E-state index is 13.3. The molecule has 17 heavy (non-hydrogen) atoms. The van der Waals surface area contributed by atoms with E-state index in [4.69, 9.17) is 4.74 Å². The van der Waals surface area contributed by atoms with Gasteiger partial charge in [-0.2, -0.15) is 0 Å². The van der Waals surface area contributed by atoms with Crippen molar-refractivity contribution in [1.82, 2.24) is 0 Å². The molecule has 1 rings (SSSR count). The second-order valence-electron chi connectivity index (χ2n) is 4.77. The molecular formula is C14H19FO2. The van der Waals surface area contributed by atoms with Crippen molar-refractivity contribution in [2.45, 2.75) is 38.7 Å². The van der Waals surface area contributed by atoms with Crippen LogP contribution in [0.5, 0.6) is 0 Å². The second-order valence-corrected chi connectivity index (χ2v) is 4.77. The number of rotatable bonds is 6. The van der Waals surface area contributed by atoms with E-state index < -0.39 is 0 Å². The SMILES string of the molecule is COC(C)(C)CCC(=O)Cc1ccccc1F. The van der Waals surface area contributed by atoms with Crippen LogP contribution < -0.4 is 0 Å². The molecule has 0 saturated carbocycles. The van der Waals surface area contributed by atoms with Gasteiger partial charge in [0.1, 0.15) is 11.6 Å². The fourth-order valence-corrected chi connectivity index (χ4v) is 1.49. The molecule has 0 aliphatic heterocycles. The number of benzene rings is 1. The summed E-state index contributed by atoms with van der Waals surface area (Å²) in [6, 6.07) is 6.39. The smallest absolute Gasteiger partial charge is 0.137 e. The molecule has 0 bridgehead atoms. The van der Waals surface area contributed by atoms with E-state index in [0.717, 1.165) is 0 Å². The highest BCUT2D eigenvalue weighted by Gasteiger charge is 2.18. The zero-order valence-corrected chi connectivity index (χ0v) is 10.6. The monoisotopic (exact) mass is 238 g/mol. The molecule has 0 saturated heterocycles. The van der Waals surface area contributed by atoms with E-state index >= 15 is 0 Å². The summed E-state index contributed by atoms with van der Waals surface area (Å²) in [5.41, 5.74) is 0.165. The molecule has 0 fully saturated rings. The number of methoxy groups -OCH3 is 1. The topological polar surface area (TPSA) is 26.3 Å². The highest BCUT2D eigenvalue weighted by molar-refractivity contribution is 5.80. The number of Topliss-reactive ketones (excluding diaryl/α,β-unsaturated/α-hetero) is 1. The molecule has 0 aliphatic rings. The molecule has 1 aromatic rings. The van der Waals surface area contributed by atoms with E-state index in [9.17, 15) is 9.18 Å². The lowest BCUT2D eigenvalue weighted by atomic mass is 9.98. The van der Waals surface area contributed by atoms with Crippen molar-refractivity contribution in [2.75, 3.05) is 7.11 Å². The van der Waals surface area contributed by atoms with Gasteiger partial charge >= 0.3 is 0 Å². The van der Waals surface area contributed by atoms with Crippen molar-refractivity contribution in [3.63, 3.8) is 0 Å². The Morgan fingerprint density at radius 2 is 2.00 bits per heavy atom. The first-order valence-electron chi connectivity index (χ1n) is 5.75. The minimum atomic E-state index is -0.313. The normalized spacial score (nSPS) is 11.5. The molecule has 1 aromatic carbocycles. The van der Waals surface area contributed by atoms with Crippen molar-refractivity contribution in [2.24, 2.45) is 0 Å². The number of ether oxygens (including phenoxy) is 1. The third kappa shape index (κ3) is 4.65. The van der Waals surface area contributed by atoms with Gasteiger partial charge in [-0.25, -0.2) is 4.39 Å². The lowest BCUT2D eigenvalue weighted by Gasteiger charge is -2.22. The molecular weight excluding hydrogens is 219 g/mol. The lowest BCUT2D eigenvalue weighted by molar-refractivity contribution is -0.119. The van der Waals surface area contributed by atoms with Crippen LogP contribution in [-0.2, 0) is 16.0 Å². The highest BCUT2D eigenvalue weighted by Crippen LogP contribution is 2.17. The quantitative estimate of drug-likeness (QED) is 0.761. The molecule has 0 aliphatic carbocycles. The average molecular weight is 238 g/mol. The predicted octanol–water partition coefficient (Wildman–Crippen LogP) is 3.14. The number of carbonyl (C=O) groups is 1. The van der Waals surface area contributed by atoms with Gasteiger partial charge in [0.2, 0.25) is 0 Å². The van der Waals surface area contributed by atoms with Crippen LogP contribution in [0.15, 0.2) is 24.3 Å². The van der Waals surface area contributed by atoms with E-state index in [-0.39, 0.29) is 23.6 Å². The van der Waals surface area contributed by atoms with E-state index in [1.54, 1.807) is 25.3 Å². The molecule has 2 nitrogen and oxygen atoms in total. The number of halogens is 1. The first-order valence-corrected chi connectivity index (χ1v) is 5.75. The number of hydrogen-bond acceptors (Lipinski definition) is 2. The standard InChI is InChI=1S/C14H19FO2/c1-14(2,17-3)9-8-12(16)10-11-6-4-5-7-13(11)15/h4-7H,8-10H2,1-3H3. The van der Waals surface area contributed by atoms with Crippen molar-refractivity contribution in [3.8, 4) is 0 Å². The van der Waals surface area contributed by atoms with Gasteiger partial charge in [0.25, 0.3) is 0 Å². The van der Waals surface area contributed by atoms with E-state index in [1.165, 1.54) is 6.07 Å². The van der Waals surface area contributed by atoms with E-state index in [2.05, 4.69) is 0 Å². The second kappa shape index (κ2) is 5.92. The fourth-order valence-electron chi connectivity index (χ4n) is 1.49. The van der Waals surface area contributed by atoms with Gasteiger partial charge in [0, 0.05) is 20.0 Å². The first-order chi connectivity index (χ1) is 7.94. The zero-order valence-electron chi connectivity index (χ0n) is 10.6. The van der Waals surface area contributed by atoms with E-state index in [1.807, 2.05) is 13.8 Å². The summed E-state index contributed by atoms with van der Waals surface area (Å²) in [5, 5.41) is 0. The van der Waals surface area contributed by atoms with Crippen LogP contribution in [0.3, 0.4) is 0 Å². The Balaban J connectivity index is 2.48. The van der Waals surface area contributed by atoms with Crippen LogP contribution >= 0.6 is 0 Å². The summed E-state index contributed by atoms with van der Waals surface area (Å²) in [6.07, 6.45) is 1.22. The van der Waals surface area contributed by atoms with Crippen LogP contribution in [0.2, 0.25) is 0 Å². The minimum absolute atomic E-state index is 0.0419. The molecule has 0 radical (unpaired) electrons. The van der Waals surface area contributed by atoms with E-state index in [0.29, 0.717) is 18.4 Å². The Bertz CT molecular complexity index is 386. The summed E-state index contributed by atoms with van der Waals surface area (Å²) in [7, 11) is 1.63. The Morgan fingerprint density at radius 1 is 1.35 bits per heavy atom. The van der Waals surface area contributed by atoms with Crippen LogP contribution in [0.4, 0.5) is 4.39 Å². The van der Waals surface area contributed by atoms with Gasteiger partial charge in [0.05, 0.1) is 5.60 Å². The van der Waals surface area contributed by atoms with Crippen molar-refractivity contribution >= 4 is 5.78 Å². The van der Waals surface area contributed by atoms with Crippen LogP contribution in [0, 0.1) is 5.82 Å². The number of hydrogen-bond donors (Lipinski definition) is 0. The van der Waals surface area contributed by atoms with Gasteiger partial charge in [-0.15, -0.1) is 0 Å². The van der Waals surface area contributed by atoms with Crippen LogP contribution in [0.1, 0.15) is 32.3 Å². The molecule has 94 valence electrons. The Hall–Kier alpha value is -1.22. The van der Waals surface area contributed by atoms with Gasteiger partial charge in [-0.1, -0.05) is 18.2 Å². The Kier molecular flexibility index (Phi) is 4.82. The summed E-state index contributed by atoms with van der Waals surface area (Å²) in [5.74, 6) is -0.271. The van der Waals surface area contributed by atoms with Gasteiger partial charge in [-0.3, -0.25) is 4.79 Å². The first kappa shape index (κ1) is 13.8. The highest BCUT2D eigenvalue weighted by atomic mass is 19.1. The molecule has 0 N–H and O–H groups in total. The van der Waals surface area contributed by atoms with Gasteiger partial charge in [-0.05, 0) is 31.9 Å². The van der Waals surface area contributed by atoms with Crippen LogP contribution in [0.25, 0.3) is 0 Å². The number of carbonyl (C=O) groups excluding carboxylic acids is 1. The lowest BCUT2D eigenvalue weighted by Crippen LogP contribution is -2.23. The van der Waals surface area contributed by atoms with Crippen molar-refractivity contribution in [1.29, 1.82) is 0 Å². The Morgan fingerprint density at radius 3 is 2.59 bits per heavy atom. The molecule has 0 atom stereocenters. The van der Waals surface area contributed by atoms with Gasteiger partial charge < -0.3 is 4.74 Å². The summed E-state index contributed by atoms with van der Waals surface area (Å²) in [4.78, 5) is 11.7. The molecule has 0 spiro atoms. The Labute approximate surface area is 102 Å². The maximum Gasteiger partial charge on any atom is 0.137 e. The molecule has 0 aromatic heterocycles. The van der Waals surface area contributed by atoms with Crippen molar-refractivity contribution in [3.05, 3.63) is 35.6 Å². The van der Waals surface area contributed by atoms with Crippen molar-refractivity contribution < 1.29 is 13.9 Å². The third-order valence-corrected chi connectivity index (χ3v) is 2.90. The zero-order chi connectivity index (χ0) is 12.9. The summed E-state index contributed by atoms with van der Waals surface area (Å²) < 4.78 is 18.5. The predicted molar refractivity (Wildman–Crippen MR) is 65.4 cm³/mol. The van der Waals surface area contributed by atoms with Gasteiger partial charge in [0.15, 0.2) is 0 Å². The number of ketones is 1. The molecule has 3 heteroatoms. The largest absolute Gasteiger partial charge is 0.379 e. The fraction of sp³-hybridized carbons (Fsp3) is 0.500. The maximum absolute atomic E-state index is 13.3. The molecule has 0 heterocycles. The molecule has 0 amide bonds. The summed E-state index contributed by atoms with van der Waals surface area (Å²) >= 11 is 0. The van der Waals surface area contributed by atoms with Crippen LogP contribution in [-0.4, -0.2) is 18.5 Å². The summed E-state index contributed by atoms with van der Waals surface area (Å²) in [6.45, 7) is 3.87. The average Bonchev–Trinajstić information content (AvgIpc) is 2.30.